The fourth-order valence-corrected chi connectivity index (χ4v) is 1.35. The SMILES string of the molecule is CC1COC(OF)C(C)C1. The van der Waals surface area contributed by atoms with Crippen molar-refractivity contribution in [1.29, 1.82) is 0 Å². The lowest BCUT2D eigenvalue weighted by Gasteiger charge is -2.29. The fraction of sp³-hybridized carbons (Fsp3) is 1.00. The predicted molar refractivity (Wildman–Crippen MR) is 34.9 cm³/mol. The molecule has 1 heterocycles. The van der Waals surface area contributed by atoms with Crippen molar-refractivity contribution in [3.8, 4) is 0 Å². The lowest BCUT2D eigenvalue weighted by molar-refractivity contribution is -0.307. The van der Waals surface area contributed by atoms with Crippen LogP contribution in [0, 0.1) is 11.8 Å². The van der Waals surface area contributed by atoms with Crippen LogP contribution in [0.5, 0.6) is 0 Å². The molecule has 0 aliphatic carbocycles. The Morgan fingerprint density at radius 1 is 1.50 bits per heavy atom. The molecule has 60 valence electrons. The van der Waals surface area contributed by atoms with Crippen LogP contribution in [0.25, 0.3) is 0 Å². The number of hydrogen-bond donors (Lipinski definition) is 0. The highest BCUT2D eigenvalue weighted by Gasteiger charge is 2.27. The fourth-order valence-electron chi connectivity index (χ4n) is 1.35. The molecule has 0 spiro atoms. The average molecular weight is 148 g/mol. The van der Waals surface area contributed by atoms with E-state index in [0.717, 1.165) is 6.42 Å². The topological polar surface area (TPSA) is 18.5 Å². The minimum atomic E-state index is -0.629. The van der Waals surface area contributed by atoms with Gasteiger partial charge in [-0.05, 0) is 16.9 Å². The molecule has 3 atom stereocenters. The summed E-state index contributed by atoms with van der Waals surface area (Å²) in [4.78, 5) is 3.63. The third kappa shape index (κ3) is 1.67. The van der Waals surface area contributed by atoms with E-state index in [-0.39, 0.29) is 5.92 Å². The molecule has 0 aromatic carbocycles. The summed E-state index contributed by atoms with van der Waals surface area (Å²) in [6.45, 7) is 4.63. The van der Waals surface area contributed by atoms with Crippen molar-refractivity contribution >= 4 is 0 Å². The van der Waals surface area contributed by atoms with Gasteiger partial charge in [0.05, 0.1) is 6.61 Å². The summed E-state index contributed by atoms with van der Waals surface area (Å²) in [6.07, 6.45) is 0.352. The molecule has 2 nitrogen and oxygen atoms in total. The first-order valence-electron chi connectivity index (χ1n) is 3.63. The third-order valence-electron chi connectivity index (χ3n) is 1.87. The highest BCUT2D eigenvalue weighted by atomic mass is 19.3. The van der Waals surface area contributed by atoms with Gasteiger partial charge in [-0.2, -0.15) is 4.94 Å². The van der Waals surface area contributed by atoms with Crippen molar-refractivity contribution in [3.05, 3.63) is 0 Å². The van der Waals surface area contributed by atoms with Gasteiger partial charge in [-0.15, -0.1) is 0 Å². The standard InChI is InChI=1S/C7H13FO2/c1-5-3-6(2)7(10-8)9-4-5/h5-7H,3-4H2,1-2H3. The van der Waals surface area contributed by atoms with Gasteiger partial charge in [0, 0.05) is 5.92 Å². The first-order valence-corrected chi connectivity index (χ1v) is 3.63. The summed E-state index contributed by atoms with van der Waals surface area (Å²) in [5, 5.41) is 0. The van der Waals surface area contributed by atoms with Gasteiger partial charge >= 0.3 is 0 Å². The zero-order chi connectivity index (χ0) is 7.56. The van der Waals surface area contributed by atoms with Gasteiger partial charge in [0.2, 0.25) is 0 Å². The molecule has 0 N–H and O–H groups in total. The van der Waals surface area contributed by atoms with E-state index in [1.54, 1.807) is 0 Å². The summed E-state index contributed by atoms with van der Waals surface area (Å²) in [7, 11) is 0. The minimum absolute atomic E-state index is 0.175. The van der Waals surface area contributed by atoms with Crippen molar-refractivity contribution < 1.29 is 14.2 Å². The average Bonchev–Trinajstić information content (AvgIpc) is 1.88. The van der Waals surface area contributed by atoms with Gasteiger partial charge in [0.1, 0.15) is 0 Å². The molecule has 3 unspecified atom stereocenters. The second-order valence-corrected chi connectivity index (χ2v) is 3.11. The van der Waals surface area contributed by atoms with E-state index in [4.69, 9.17) is 4.74 Å². The van der Waals surface area contributed by atoms with E-state index in [1.807, 2.05) is 6.92 Å². The molecule has 1 saturated heterocycles. The summed E-state index contributed by atoms with van der Waals surface area (Å²) in [6, 6.07) is 0. The van der Waals surface area contributed by atoms with Crippen LogP contribution in [-0.2, 0) is 9.68 Å². The molecule has 0 aromatic heterocycles. The molecule has 3 heteroatoms. The zero-order valence-electron chi connectivity index (χ0n) is 6.34. The highest BCUT2D eigenvalue weighted by molar-refractivity contribution is 4.67. The van der Waals surface area contributed by atoms with Gasteiger partial charge in [-0.25, -0.2) is 0 Å². The molecule has 0 aromatic rings. The Hall–Kier alpha value is -0.150. The maximum atomic E-state index is 11.6. The van der Waals surface area contributed by atoms with Gasteiger partial charge in [-0.3, -0.25) is 0 Å². The highest BCUT2D eigenvalue weighted by Crippen LogP contribution is 2.24. The third-order valence-corrected chi connectivity index (χ3v) is 1.87. The van der Waals surface area contributed by atoms with E-state index in [9.17, 15) is 4.53 Å². The zero-order valence-corrected chi connectivity index (χ0v) is 6.34. The lowest BCUT2D eigenvalue weighted by Crippen LogP contribution is -2.32. The molecule has 0 radical (unpaired) electrons. The first-order chi connectivity index (χ1) is 4.74. The normalized spacial score (nSPS) is 41.7. The van der Waals surface area contributed by atoms with Crippen LogP contribution in [0.4, 0.5) is 4.53 Å². The van der Waals surface area contributed by atoms with E-state index in [1.165, 1.54) is 0 Å². The predicted octanol–water partition coefficient (Wildman–Crippen LogP) is 1.91. The minimum Gasteiger partial charge on any atom is -0.349 e. The van der Waals surface area contributed by atoms with Crippen LogP contribution in [0.3, 0.4) is 0 Å². The van der Waals surface area contributed by atoms with E-state index in [0.29, 0.717) is 12.5 Å². The Labute approximate surface area is 60.2 Å². The van der Waals surface area contributed by atoms with Gasteiger partial charge in [0.25, 0.3) is 0 Å². The van der Waals surface area contributed by atoms with Gasteiger partial charge < -0.3 is 4.74 Å². The van der Waals surface area contributed by atoms with Gasteiger partial charge in [-0.1, -0.05) is 13.8 Å². The Morgan fingerprint density at radius 2 is 2.20 bits per heavy atom. The molecule has 0 bridgehead atoms. The Bertz CT molecular complexity index is 108. The molecule has 1 aliphatic heterocycles. The molecular formula is C7H13FO2. The van der Waals surface area contributed by atoms with Crippen LogP contribution in [0.2, 0.25) is 0 Å². The largest absolute Gasteiger partial charge is 0.349 e. The summed E-state index contributed by atoms with van der Waals surface area (Å²) < 4.78 is 16.7. The Balaban J connectivity index is 2.36. The molecule has 1 rings (SSSR count). The molecule has 1 fully saturated rings. The monoisotopic (exact) mass is 148 g/mol. The summed E-state index contributed by atoms with van der Waals surface area (Å²) in [5.74, 6) is 0.704. The number of halogens is 1. The first kappa shape index (κ1) is 7.95. The maximum Gasteiger partial charge on any atom is 0.199 e. The van der Waals surface area contributed by atoms with Crippen molar-refractivity contribution in [2.45, 2.75) is 26.6 Å². The van der Waals surface area contributed by atoms with Crippen LogP contribution >= 0.6 is 0 Å². The number of ether oxygens (including phenoxy) is 1. The number of rotatable bonds is 1. The molecule has 0 amide bonds. The Kier molecular flexibility index (Phi) is 2.63. The quantitative estimate of drug-likeness (QED) is 0.565. The maximum absolute atomic E-state index is 11.6. The van der Waals surface area contributed by atoms with Crippen LogP contribution < -0.4 is 0 Å². The van der Waals surface area contributed by atoms with Crippen molar-refractivity contribution in [3.63, 3.8) is 0 Å². The van der Waals surface area contributed by atoms with E-state index in [2.05, 4.69) is 11.9 Å². The molecule has 1 aliphatic rings. The number of hydrogen-bond acceptors (Lipinski definition) is 2. The van der Waals surface area contributed by atoms with Crippen molar-refractivity contribution in [2.24, 2.45) is 11.8 Å². The second kappa shape index (κ2) is 3.30. The van der Waals surface area contributed by atoms with E-state index < -0.39 is 6.29 Å². The van der Waals surface area contributed by atoms with Crippen LogP contribution in [-0.4, -0.2) is 12.9 Å². The lowest BCUT2D eigenvalue weighted by atomic mass is 9.95. The van der Waals surface area contributed by atoms with Crippen LogP contribution in [0.15, 0.2) is 0 Å². The smallest absolute Gasteiger partial charge is 0.199 e. The molecular weight excluding hydrogens is 135 g/mol. The summed E-state index contributed by atoms with van der Waals surface area (Å²) >= 11 is 0. The Morgan fingerprint density at radius 3 is 2.70 bits per heavy atom. The van der Waals surface area contributed by atoms with Gasteiger partial charge in [0.15, 0.2) is 6.29 Å². The second-order valence-electron chi connectivity index (χ2n) is 3.11. The van der Waals surface area contributed by atoms with Crippen molar-refractivity contribution in [2.75, 3.05) is 6.61 Å². The van der Waals surface area contributed by atoms with E-state index >= 15 is 0 Å². The molecule has 0 saturated carbocycles. The summed E-state index contributed by atoms with van der Waals surface area (Å²) in [5.41, 5.74) is 0. The molecule has 10 heavy (non-hydrogen) atoms. The van der Waals surface area contributed by atoms with Crippen molar-refractivity contribution in [1.82, 2.24) is 0 Å². The van der Waals surface area contributed by atoms with Crippen LogP contribution in [0.1, 0.15) is 20.3 Å².